The SMILES string of the molecule is O=c1[nH]c2ccccc2n1C1CCN(Cc2cc(-c3ccccc3)ccn2)CC1. The first kappa shape index (κ1) is 17.9. The normalized spacial score (nSPS) is 15.7. The lowest BCUT2D eigenvalue weighted by Crippen LogP contribution is -2.36. The quantitative estimate of drug-likeness (QED) is 0.573. The van der Waals surface area contributed by atoms with Crippen LogP contribution in [-0.4, -0.2) is 32.5 Å². The van der Waals surface area contributed by atoms with Gasteiger partial charge < -0.3 is 4.98 Å². The van der Waals surface area contributed by atoms with Gasteiger partial charge in [-0.2, -0.15) is 0 Å². The Bertz CT molecular complexity index is 1170. The molecular weight excluding hydrogens is 360 g/mol. The fraction of sp³-hybridized carbons (Fsp3) is 0.250. The van der Waals surface area contributed by atoms with E-state index >= 15 is 0 Å². The second kappa shape index (κ2) is 7.68. The number of nitrogens with zero attached hydrogens (tertiary/aromatic N) is 3. The molecule has 2 aromatic heterocycles. The number of aromatic amines is 1. The lowest BCUT2D eigenvalue weighted by molar-refractivity contribution is 0.178. The first-order valence-electron chi connectivity index (χ1n) is 10.2. The Hall–Kier alpha value is -3.18. The zero-order valence-corrected chi connectivity index (χ0v) is 16.3. The van der Waals surface area contributed by atoms with Crippen molar-refractivity contribution in [3.05, 3.63) is 89.1 Å². The summed E-state index contributed by atoms with van der Waals surface area (Å²) in [5.41, 5.74) is 5.44. The van der Waals surface area contributed by atoms with E-state index in [0.29, 0.717) is 0 Å². The van der Waals surface area contributed by atoms with Crippen molar-refractivity contribution in [3.63, 3.8) is 0 Å². The van der Waals surface area contributed by atoms with Gasteiger partial charge in [0.1, 0.15) is 0 Å². The van der Waals surface area contributed by atoms with E-state index in [2.05, 4.69) is 51.3 Å². The highest BCUT2D eigenvalue weighted by atomic mass is 16.1. The number of imidazole rings is 1. The van der Waals surface area contributed by atoms with Gasteiger partial charge >= 0.3 is 5.69 Å². The van der Waals surface area contributed by atoms with Gasteiger partial charge in [0.2, 0.25) is 0 Å². The fourth-order valence-corrected chi connectivity index (χ4v) is 4.38. The monoisotopic (exact) mass is 384 g/mol. The molecule has 5 heteroatoms. The molecule has 146 valence electrons. The molecular formula is C24H24N4O. The Morgan fingerprint density at radius 2 is 1.69 bits per heavy atom. The molecule has 0 unspecified atom stereocenters. The molecule has 1 aliphatic rings. The lowest BCUT2D eigenvalue weighted by Gasteiger charge is -2.32. The smallest absolute Gasteiger partial charge is 0.306 e. The van der Waals surface area contributed by atoms with Crippen LogP contribution in [-0.2, 0) is 6.54 Å². The number of rotatable bonds is 4. The van der Waals surface area contributed by atoms with Crippen LogP contribution in [0, 0.1) is 0 Å². The second-order valence-electron chi connectivity index (χ2n) is 7.73. The first-order valence-corrected chi connectivity index (χ1v) is 10.2. The predicted octanol–water partition coefficient (Wildman–Crippen LogP) is 4.23. The number of likely N-dealkylation sites (tertiary alicyclic amines) is 1. The molecule has 1 fully saturated rings. The van der Waals surface area contributed by atoms with Crippen molar-refractivity contribution in [1.29, 1.82) is 0 Å². The summed E-state index contributed by atoms with van der Waals surface area (Å²) in [5, 5.41) is 0. The van der Waals surface area contributed by atoms with Gasteiger partial charge in [0.05, 0.1) is 16.7 Å². The highest BCUT2D eigenvalue weighted by molar-refractivity contribution is 5.75. The highest BCUT2D eigenvalue weighted by Crippen LogP contribution is 2.26. The van der Waals surface area contributed by atoms with Crippen LogP contribution in [0.3, 0.4) is 0 Å². The van der Waals surface area contributed by atoms with Gasteiger partial charge in [0.25, 0.3) is 0 Å². The van der Waals surface area contributed by atoms with E-state index in [1.807, 2.05) is 41.1 Å². The number of hydrogen-bond donors (Lipinski definition) is 1. The molecule has 0 saturated carbocycles. The van der Waals surface area contributed by atoms with Crippen molar-refractivity contribution in [3.8, 4) is 11.1 Å². The summed E-state index contributed by atoms with van der Waals surface area (Å²) in [5.74, 6) is 0. The third-order valence-corrected chi connectivity index (χ3v) is 5.86. The second-order valence-corrected chi connectivity index (χ2v) is 7.73. The minimum absolute atomic E-state index is 0.00174. The number of pyridine rings is 1. The van der Waals surface area contributed by atoms with Crippen molar-refractivity contribution < 1.29 is 0 Å². The molecule has 1 aliphatic heterocycles. The van der Waals surface area contributed by atoms with Crippen LogP contribution in [0.2, 0.25) is 0 Å². The van der Waals surface area contributed by atoms with E-state index in [1.165, 1.54) is 11.1 Å². The summed E-state index contributed by atoms with van der Waals surface area (Å²) >= 11 is 0. The maximum atomic E-state index is 12.5. The number of benzene rings is 2. The van der Waals surface area contributed by atoms with Crippen LogP contribution in [0.1, 0.15) is 24.6 Å². The largest absolute Gasteiger partial charge is 0.326 e. The Kier molecular flexibility index (Phi) is 4.74. The third-order valence-electron chi connectivity index (χ3n) is 5.86. The van der Waals surface area contributed by atoms with Crippen molar-refractivity contribution in [2.24, 2.45) is 0 Å². The number of H-pyrrole nitrogens is 1. The van der Waals surface area contributed by atoms with Crippen molar-refractivity contribution in [2.75, 3.05) is 13.1 Å². The molecule has 29 heavy (non-hydrogen) atoms. The molecule has 0 aliphatic carbocycles. The predicted molar refractivity (Wildman–Crippen MR) is 116 cm³/mol. The molecule has 4 aromatic rings. The summed E-state index contributed by atoms with van der Waals surface area (Å²) in [6, 6.07) is 22.9. The van der Waals surface area contributed by atoms with Crippen molar-refractivity contribution in [1.82, 2.24) is 19.4 Å². The molecule has 0 atom stereocenters. The Morgan fingerprint density at radius 1 is 0.931 bits per heavy atom. The fourth-order valence-electron chi connectivity index (χ4n) is 4.38. The molecule has 0 bridgehead atoms. The summed E-state index contributed by atoms with van der Waals surface area (Å²) in [4.78, 5) is 22.5. The topological polar surface area (TPSA) is 53.9 Å². The van der Waals surface area contributed by atoms with Crippen molar-refractivity contribution >= 4 is 11.0 Å². The molecule has 2 aromatic carbocycles. The minimum Gasteiger partial charge on any atom is -0.306 e. The number of piperidine rings is 1. The Balaban J connectivity index is 1.28. The minimum atomic E-state index is 0.00174. The number of nitrogens with one attached hydrogen (secondary N) is 1. The number of para-hydroxylation sites is 2. The molecule has 3 heterocycles. The number of aromatic nitrogens is 3. The van der Waals surface area contributed by atoms with Gasteiger partial charge in [-0.3, -0.25) is 14.5 Å². The van der Waals surface area contributed by atoms with Crippen molar-refractivity contribution in [2.45, 2.75) is 25.4 Å². The van der Waals surface area contributed by atoms with E-state index in [1.54, 1.807) is 0 Å². The summed E-state index contributed by atoms with van der Waals surface area (Å²) in [6.45, 7) is 2.78. The van der Waals surface area contributed by atoms with Crippen LogP contribution in [0.5, 0.6) is 0 Å². The molecule has 0 spiro atoms. The standard InChI is InChI=1S/C24H24N4O/c29-24-26-22-8-4-5-9-23(22)28(24)21-11-14-27(15-12-21)17-20-16-19(10-13-25-20)18-6-2-1-3-7-18/h1-10,13,16,21H,11-12,14-15,17H2,(H,26,29). The summed E-state index contributed by atoms with van der Waals surface area (Å²) in [6.07, 6.45) is 3.84. The van der Waals surface area contributed by atoms with Crippen LogP contribution >= 0.6 is 0 Å². The average Bonchev–Trinajstić information content (AvgIpc) is 3.11. The van der Waals surface area contributed by atoms with E-state index < -0.39 is 0 Å². The summed E-state index contributed by atoms with van der Waals surface area (Å²) in [7, 11) is 0. The van der Waals surface area contributed by atoms with Gasteiger partial charge in [-0.05, 0) is 48.2 Å². The van der Waals surface area contributed by atoms with E-state index in [-0.39, 0.29) is 11.7 Å². The van der Waals surface area contributed by atoms with E-state index in [4.69, 9.17) is 0 Å². The summed E-state index contributed by atoms with van der Waals surface area (Å²) < 4.78 is 1.95. The Morgan fingerprint density at radius 3 is 2.52 bits per heavy atom. The average molecular weight is 384 g/mol. The van der Waals surface area contributed by atoms with Crippen LogP contribution in [0.15, 0.2) is 77.7 Å². The first-order chi connectivity index (χ1) is 14.3. The van der Waals surface area contributed by atoms with Gasteiger partial charge in [-0.25, -0.2) is 4.79 Å². The number of fused-ring (bicyclic) bond motifs is 1. The molecule has 0 radical (unpaired) electrons. The molecule has 1 N–H and O–H groups in total. The number of hydrogen-bond acceptors (Lipinski definition) is 3. The van der Waals surface area contributed by atoms with Gasteiger partial charge in [-0.15, -0.1) is 0 Å². The van der Waals surface area contributed by atoms with Gasteiger partial charge in [0.15, 0.2) is 0 Å². The molecule has 5 rings (SSSR count). The zero-order chi connectivity index (χ0) is 19.6. The third kappa shape index (κ3) is 3.61. The zero-order valence-electron chi connectivity index (χ0n) is 16.3. The highest BCUT2D eigenvalue weighted by Gasteiger charge is 2.23. The van der Waals surface area contributed by atoms with E-state index in [0.717, 1.165) is 49.2 Å². The molecule has 1 saturated heterocycles. The van der Waals surface area contributed by atoms with E-state index in [9.17, 15) is 4.79 Å². The molecule has 0 amide bonds. The maximum absolute atomic E-state index is 12.5. The maximum Gasteiger partial charge on any atom is 0.326 e. The van der Waals surface area contributed by atoms with Crippen LogP contribution in [0.4, 0.5) is 0 Å². The van der Waals surface area contributed by atoms with Crippen LogP contribution < -0.4 is 5.69 Å². The van der Waals surface area contributed by atoms with Crippen LogP contribution in [0.25, 0.3) is 22.2 Å². The molecule has 5 nitrogen and oxygen atoms in total. The van der Waals surface area contributed by atoms with Gasteiger partial charge in [0, 0.05) is 31.9 Å². The Labute approximate surface area is 169 Å². The lowest BCUT2D eigenvalue weighted by atomic mass is 10.0. The van der Waals surface area contributed by atoms with Gasteiger partial charge in [-0.1, -0.05) is 42.5 Å².